The van der Waals surface area contributed by atoms with Gasteiger partial charge >= 0.3 is 0 Å². The third-order valence-corrected chi connectivity index (χ3v) is 4.57. The van der Waals surface area contributed by atoms with Gasteiger partial charge in [-0.25, -0.2) is 9.97 Å². The van der Waals surface area contributed by atoms with E-state index in [9.17, 15) is 0 Å². The van der Waals surface area contributed by atoms with Crippen LogP contribution in [0.3, 0.4) is 0 Å². The molecule has 2 heterocycles. The highest BCUT2D eigenvalue weighted by Crippen LogP contribution is 2.27. The lowest BCUT2D eigenvalue weighted by atomic mass is 10.2. The van der Waals surface area contributed by atoms with Gasteiger partial charge in [-0.2, -0.15) is 5.10 Å². The Morgan fingerprint density at radius 2 is 1.63 bits per heavy atom. The molecule has 2 rings (SSSR count). The van der Waals surface area contributed by atoms with Crippen molar-refractivity contribution in [1.29, 1.82) is 0 Å². The van der Waals surface area contributed by atoms with Gasteiger partial charge in [0.1, 0.15) is 5.15 Å². The standard InChI is InChI=1S/C13H17ClN4S/c1-7-8(2)15-13(16-9(7)3)19-6-11-10(4)17-18(5)12(11)14/h6H2,1-5H3. The highest BCUT2D eigenvalue weighted by molar-refractivity contribution is 7.98. The molecule has 0 aliphatic heterocycles. The van der Waals surface area contributed by atoms with Gasteiger partial charge < -0.3 is 0 Å². The molecule has 0 radical (unpaired) electrons. The molecule has 0 saturated heterocycles. The molecule has 0 aliphatic carbocycles. The highest BCUT2D eigenvalue weighted by atomic mass is 35.5. The molecule has 0 amide bonds. The third kappa shape index (κ3) is 2.92. The first-order valence-electron chi connectivity index (χ1n) is 6.02. The maximum absolute atomic E-state index is 6.21. The fourth-order valence-electron chi connectivity index (χ4n) is 1.78. The van der Waals surface area contributed by atoms with Crippen molar-refractivity contribution in [2.45, 2.75) is 38.6 Å². The molecular weight excluding hydrogens is 280 g/mol. The maximum atomic E-state index is 6.21. The summed E-state index contributed by atoms with van der Waals surface area (Å²) < 4.78 is 1.69. The van der Waals surface area contributed by atoms with Gasteiger partial charge in [-0.1, -0.05) is 23.4 Å². The predicted octanol–water partition coefficient (Wildman–Crippen LogP) is 3.39. The van der Waals surface area contributed by atoms with E-state index in [2.05, 4.69) is 15.1 Å². The van der Waals surface area contributed by atoms with Gasteiger partial charge in [-0.15, -0.1) is 0 Å². The molecule has 4 nitrogen and oxygen atoms in total. The summed E-state index contributed by atoms with van der Waals surface area (Å²) in [7, 11) is 1.85. The average molecular weight is 297 g/mol. The Morgan fingerprint density at radius 1 is 1.05 bits per heavy atom. The average Bonchev–Trinajstić information content (AvgIpc) is 2.58. The Bertz CT molecular complexity index is 598. The van der Waals surface area contributed by atoms with Crippen molar-refractivity contribution in [2.75, 3.05) is 0 Å². The first-order chi connectivity index (χ1) is 8.90. The molecule has 0 spiro atoms. The Kier molecular flexibility index (Phi) is 4.16. The Morgan fingerprint density at radius 3 is 2.11 bits per heavy atom. The lowest BCUT2D eigenvalue weighted by Gasteiger charge is -2.06. The van der Waals surface area contributed by atoms with Crippen LogP contribution in [0.1, 0.15) is 28.2 Å². The van der Waals surface area contributed by atoms with Gasteiger partial charge in [0.2, 0.25) is 0 Å². The van der Waals surface area contributed by atoms with Crippen LogP contribution in [-0.4, -0.2) is 19.7 Å². The third-order valence-electron chi connectivity index (χ3n) is 3.23. The number of aromatic nitrogens is 4. The summed E-state index contributed by atoms with van der Waals surface area (Å²) >= 11 is 7.81. The first kappa shape index (κ1) is 14.3. The Hall–Kier alpha value is -1.07. The molecule has 0 aliphatic rings. The van der Waals surface area contributed by atoms with E-state index in [4.69, 9.17) is 11.6 Å². The second-order valence-corrected chi connectivity index (χ2v) is 5.87. The van der Waals surface area contributed by atoms with E-state index in [1.54, 1.807) is 16.4 Å². The second-order valence-electron chi connectivity index (χ2n) is 4.57. The Balaban J connectivity index is 2.19. The van der Waals surface area contributed by atoms with Crippen LogP contribution in [0, 0.1) is 27.7 Å². The largest absolute Gasteiger partial charge is 0.257 e. The number of aryl methyl sites for hydroxylation is 4. The lowest BCUT2D eigenvalue weighted by molar-refractivity contribution is 0.757. The lowest BCUT2D eigenvalue weighted by Crippen LogP contribution is -1.98. The van der Waals surface area contributed by atoms with E-state index in [0.717, 1.165) is 39.1 Å². The molecular formula is C13H17ClN4S. The van der Waals surface area contributed by atoms with E-state index in [1.807, 2.05) is 34.7 Å². The van der Waals surface area contributed by atoms with Gasteiger partial charge in [-0.3, -0.25) is 4.68 Å². The van der Waals surface area contributed by atoms with E-state index in [1.165, 1.54) is 0 Å². The molecule has 0 atom stereocenters. The normalized spacial score (nSPS) is 11.1. The number of thioether (sulfide) groups is 1. The number of hydrogen-bond acceptors (Lipinski definition) is 4. The van der Waals surface area contributed by atoms with Gasteiger partial charge in [0, 0.05) is 29.8 Å². The molecule has 0 N–H and O–H groups in total. The van der Waals surface area contributed by atoms with Crippen LogP contribution in [0.25, 0.3) is 0 Å². The number of rotatable bonds is 3. The summed E-state index contributed by atoms with van der Waals surface area (Å²) in [6, 6.07) is 0. The Labute approximate surface area is 122 Å². The van der Waals surface area contributed by atoms with Crippen LogP contribution in [0.15, 0.2) is 5.16 Å². The highest BCUT2D eigenvalue weighted by Gasteiger charge is 2.13. The van der Waals surface area contributed by atoms with Gasteiger partial charge in [0.15, 0.2) is 5.16 Å². The zero-order chi connectivity index (χ0) is 14.2. The molecule has 2 aromatic heterocycles. The quantitative estimate of drug-likeness (QED) is 0.643. The molecule has 0 fully saturated rings. The van der Waals surface area contributed by atoms with Crippen LogP contribution in [0.5, 0.6) is 0 Å². The summed E-state index contributed by atoms with van der Waals surface area (Å²) in [6.45, 7) is 8.03. The van der Waals surface area contributed by atoms with Crippen LogP contribution in [0.2, 0.25) is 5.15 Å². The van der Waals surface area contributed by atoms with Gasteiger partial charge in [0.05, 0.1) is 5.69 Å². The second kappa shape index (κ2) is 5.51. The molecule has 19 heavy (non-hydrogen) atoms. The monoisotopic (exact) mass is 296 g/mol. The molecule has 0 bridgehead atoms. The van der Waals surface area contributed by atoms with Gasteiger partial charge in [-0.05, 0) is 33.3 Å². The minimum Gasteiger partial charge on any atom is -0.257 e. The SMILES string of the molecule is Cc1nc(SCc2c(C)nn(C)c2Cl)nc(C)c1C. The summed E-state index contributed by atoms with van der Waals surface area (Å²) in [6.07, 6.45) is 0. The molecule has 0 saturated carbocycles. The molecule has 102 valence electrons. The summed E-state index contributed by atoms with van der Waals surface area (Å²) in [5.41, 5.74) is 5.22. The van der Waals surface area contributed by atoms with Crippen molar-refractivity contribution in [2.24, 2.45) is 7.05 Å². The molecule has 2 aromatic rings. The number of hydrogen-bond donors (Lipinski definition) is 0. The van der Waals surface area contributed by atoms with Crippen LogP contribution < -0.4 is 0 Å². The minimum absolute atomic E-state index is 0.686. The molecule has 0 unspecified atom stereocenters. The van der Waals surface area contributed by atoms with E-state index in [0.29, 0.717) is 5.15 Å². The van der Waals surface area contributed by atoms with Crippen LogP contribution in [-0.2, 0) is 12.8 Å². The van der Waals surface area contributed by atoms with E-state index < -0.39 is 0 Å². The smallest absolute Gasteiger partial charge is 0.188 e. The van der Waals surface area contributed by atoms with Crippen molar-refractivity contribution >= 4 is 23.4 Å². The maximum Gasteiger partial charge on any atom is 0.188 e. The minimum atomic E-state index is 0.686. The number of nitrogens with zero attached hydrogens (tertiary/aromatic N) is 4. The first-order valence-corrected chi connectivity index (χ1v) is 7.39. The predicted molar refractivity (Wildman–Crippen MR) is 78.8 cm³/mol. The van der Waals surface area contributed by atoms with Crippen molar-refractivity contribution in [3.8, 4) is 0 Å². The zero-order valence-electron chi connectivity index (χ0n) is 11.8. The summed E-state index contributed by atoms with van der Waals surface area (Å²) in [4.78, 5) is 8.99. The van der Waals surface area contributed by atoms with Crippen molar-refractivity contribution in [3.63, 3.8) is 0 Å². The van der Waals surface area contributed by atoms with Crippen molar-refractivity contribution in [1.82, 2.24) is 19.7 Å². The number of halogens is 1. The summed E-state index contributed by atoms with van der Waals surface area (Å²) in [5.74, 6) is 0.737. The van der Waals surface area contributed by atoms with Crippen molar-refractivity contribution < 1.29 is 0 Å². The summed E-state index contributed by atoms with van der Waals surface area (Å²) in [5, 5.41) is 5.78. The van der Waals surface area contributed by atoms with Crippen LogP contribution in [0.4, 0.5) is 0 Å². The van der Waals surface area contributed by atoms with Crippen molar-refractivity contribution in [3.05, 3.63) is 33.4 Å². The fourth-order valence-corrected chi connectivity index (χ4v) is 3.12. The van der Waals surface area contributed by atoms with E-state index in [-0.39, 0.29) is 0 Å². The zero-order valence-corrected chi connectivity index (χ0v) is 13.4. The topological polar surface area (TPSA) is 43.6 Å². The van der Waals surface area contributed by atoms with Crippen LogP contribution >= 0.6 is 23.4 Å². The molecule has 6 heteroatoms. The molecule has 0 aromatic carbocycles. The van der Waals surface area contributed by atoms with Gasteiger partial charge in [0.25, 0.3) is 0 Å². The fraction of sp³-hybridized carbons (Fsp3) is 0.462. The van der Waals surface area contributed by atoms with E-state index >= 15 is 0 Å².